The van der Waals surface area contributed by atoms with Crippen LogP contribution in [-0.2, 0) is 0 Å². The Morgan fingerprint density at radius 1 is 0.259 bits per heavy atom. The van der Waals surface area contributed by atoms with Crippen LogP contribution in [0.15, 0.2) is 194 Å². The highest BCUT2D eigenvalue weighted by Gasteiger charge is 2.22. The van der Waals surface area contributed by atoms with Crippen molar-refractivity contribution in [3.8, 4) is 33.9 Å². The van der Waals surface area contributed by atoms with Gasteiger partial charge in [-0.05, 0) is 149 Å². The molecule has 10 aromatic carbocycles. The molecule has 0 N–H and O–H groups in total. The van der Waals surface area contributed by atoms with Crippen LogP contribution in [0.5, 0.6) is 0 Å². The van der Waals surface area contributed by atoms with Gasteiger partial charge in [-0.2, -0.15) is 0 Å². The van der Waals surface area contributed by atoms with Gasteiger partial charge in [-0.15, -0.1) is 0 Å². The first kappa shape index (κ1) is 32.8. The second-order valence-electron chi connectivity index (χ2n) is 15.9. The number of rotatable bonds is 4. The summed E-state index contributed by atoms with van der Waals surface area (Å²) in [5, 5.41) is 15.4. The molecule has 2 heteroatoms. The molecule has 0 aliphatic carbocycles. The average Bonchev–Trinajstić information content (AvgIpc) is 3.83. The van der Waals surface area contributed by atoms with Gasteiger partial charge in [0, 0.05) is 11.4 Å². The summed E-state index contributed by atoms with van der Waals surface area (Å²) in [6, 6.07) is 72.2. The van der Waals surface area contributed by atoms with E-state index in [0.29, 0.717) is 0 Å². The highest BCUT2D eigenvalue weighted by Crippen LogP contribution is 2.43. The Kier molecular flexibility index (Phi) is 7.09. The van der Waals surface area contributed by atoms with Crippen molar-refractivity contribution in [2.24, 2.45) is 0 Å². The van der Waals surface area contributed by atoms with E-state index in [1.165, 1.54) is 109 Å². The second kappa shape index (κ2) is 12.5. The normalized spacial score (nSPS) is 12.0. The third-order valence-corrected chi connectivity index (χ3v) is 12.4. The molecule has 2 heterocycles. The minimum atomic E-state index is 1.15. The summed E-state index contributed by atoms with van der Waals surface area (Å²) in [4.78, 5) is 0. The quantitative estimate of drug-likeness (QED) is 0.159. The van der Waals surface area contributed by atoms with Crippen molar-refractivity contribution >= 4 is 75.7 Å². The lowest BCUT2D eigenvalue weighted by atomic mass is 9.93. The molecule has 0 saturated carbocycles. The van der Waals surface area contributed by atoms with Crippen molar-refractivity contribution in [1.82, 2.24) is 9.13 Å². The molecule has 0 unspecified atom stereocenters. The van der Waals surface area contributed by atoms with Gasteiger partial charge >= 0.3 is 0 Å². The number of hydrogen-bond donors (Lipinski definition) is 0. The minimum absolute atomic E-state index is 1.15. The third-order valence-electron chi connectivity index (χ3n) is 12.4. The Balaban J connectivity index is 1.17. The summed E-state index contributed by atoms with van der Waals surface area (Å²) in [6.07, 6.45) is 0. The molecule has 12 rings (SSSR count). The van der Waals surface area contributed by atoms with Gasteiger partial charge in [0.1, 0.15) is 0 Å². The molecule has 0 aliphatic heterocycles. The van der Waals surface area contributed by atoms with Crippen LogP contribution in [-0.4, -0.2) is 9.13 Å². The lowest BCUT2D eigenvalue weighted by Gasteiger charge is -2.15. The molecule has 0 bridgehead atoms. The van der Waals surface area contributed by atoms with Crippen LogP contribution < -0.4 is 0 Å². The van der Waals surface area contributed by atoms with E-state index in [0.717, 1.165) is 11.4 Å². The zero-order valence-corrected chi connectivity index (χ0v) is 32.4. The van der Waals surface area contributed by atoms with Crippen molar-refractivity contribution < 1.29 is 0 Å². The Morgan fingerprint density at radius 3 is 0.897 bits per heavy atom. The topological polar surface area (TPSA) is 9.86 Å². The summed E-state index contributed by atoms with van der Waals surface area (Å²) < 4.78 is 4.96. The van der Waals surface area contributed by atoms with Crippen molar-refractivity contribution in [1.29, 1.82) is 0 Å². The monoisotopic (exact) mass is 738 g/mol. The average molecular weight is 739 g/mol. The zero-order valence-electron chi connectivity index (χ0n) is 32.4. The van der Waals surface area contributed by atoms with E-state index in [1.807, 2.05) is 0 Å². The third kappa shape index (κ3) is 4.85. The fourth-order valence-corrected chi connectivity index (χ4v) is 9.80. The van der Waals surface area contributed by atoms with E-state index in [4.69, 9.17) is 0 Å². The van der Waals surface area contributed by atoms with E-state index in [-0.39, 0.29) is 0 Å². The van der Waals surface area contributed by atoms with Crippen molar-refractivity contribution in [2.75, 3.05) is 0 Å². The van der Waals surface area contributed by atoms with Crippen LogP contribution in [0.4, 0.5) is 0 Å². The van der Waals surface area contributed by atoms with Gasteiger partial charge in [-0.3, -0.25) is 0 Å². The van der Waals surface area contributed by atoms with Crippen LogP contribution in [0.2, 0.25) is 0 Å². The predicted octanol–water partition coefficient (Wildman–Crippen LogP) is 15.3. The lowest BCUT2D eigenvalue weighted by Crippen LogP contribution is -1.97. The minimum Gasteiger partial charge on any atom is -0.308 e. The summed E-state index contributed by atoms with van der Waals surface area (Å²) in [5.74, 6) is 0. The summed E-state index contributed by atoms with van der Waals surface area (Å²) in [5.41, 5.74) is 11.8. The number of aromatic nitrogens is 2. The van der Waals surface area contributed by atoms with E-state index in [9.17, 15) is 0 Å². The molecular weight excluding hydrogens is 701 g/mol. The molecule has 0 radical (unpaired) electrons. The van der Waals surface area contributed by atoms with Crippen LogP contribution >= 0.6 is 0 Å². The number of aryl methyl sites for hydroxylation is 2. The van der Waals surface area contributed by atoms with Crippen LogP contribution in [0.1, 0.15) is 11.1 Å². The number of nitrogens with zero attached hydrogens (tertiary/aromatic N) is 2. The molecule has 12 aromatic rings. The van der Waals surface area contributed by atoms with Gasteiger partial charge in [0.2, 0.25) is 0 Å². The number of fused-ring (bicyclic) bond motifs is 13. The van der Waals surface area contributed by atoms with Crippen molar-refractivity contribution in [2.45, 2.75) is 13.8 Å². The molecule has 0 amide bonds. The zero-order chi connectivity index (χ0) is 38.5. The fraction of sp³-hybridized carbons (Fsp3) is 0.0357. The van der Waals surface area contributed by atoms with E-state index < -0.39 is 0 Å². The fourth-order valence-electron chi connectivity index (χ4n) is 9.80. The van der Waals surface area contributed by atoms with Gasteiger partial charge in [0.25, 0.3) is 0 Å². The van der Waals surface area contributed by atoms with E-state index >= 15 is 0 Å². The first-order valence-corrected chi connectivity index (χ1v) is 20.2. The largest absolute Gasteiger partial charge is 0.308 e. The molecule has 0 fully saturated rings. The number of benzene rings is 10. The Bertz CT molecular complexity index is 3340. The van der Waals surface area contributed by atoms with Gasteiger partial charge in [-0.25, -0.2) is 0 Å². The highest BCUT2D eigenvalue weighted by molar-refractivity contribution is 6.27. The van der Waals surface area contributed by atoms with Gasteiger partial charge in [0.15, 0.2) is 0 Å². The lowest BCUT2D eigenvalue weighted by molar-refractivity contribution is 1.13. The smallest absolute Gasteiger partial charge is 0.0724 e. The standard InChI is InChI=1S/C56H38N2/c1-35-13-11-15-39(29-35)57-53(37-25-27-49-45-21-5-3-17-41(45)43-19-7-9-23-47(43)51(49)31-37)33-56-55(57)34-54(58(56)40-16-12-14-36(2)30-40)38-26-28-50-46-22-6-4-18-42(46)44-20-8-10-24-48(44)52(50)32-38/h3-34H,1-2H3. The molecule has 0 aliphatic rings. The second-order valence-corrected chi connectivity index (χ2v) is 15.9. The summed E-state index contributed by atoms with van der Waals surface area (Å²) in [6.45, 7) is 4.37. The maximum Gasteiger partial charge on any atom is 0.0724 e. The highest BCUT2D eigenvalue weighted by atomic mass is 15.1. The molecule has 0 atom stereocenters. The molecular formula is C56H38N2. The maximum atomic E-state index is 2.48. The van der Waals surface area contributed by atoms with E-state index in [2.05, 4.69) is 217 Å². The first-order valence-electron chi connectivity index (χ1n) is 20.2. The Morgan fingerprint density at radius 2 is 0.569 bits per heavy atom. The molecule has 2 nitrogen and oxygen atoms in total. The Hall–Kier alpha value is -7.42. The Labute approximate surface area is 336 Å². The summed E-state index contributed by atoms with van der Waals surface area (Å²) >= 11 is 0. The summed E-state index contributed by atoms with van der Waals surface area (Å²) in [7, 11) is 0. The molecule has 272 valence electrons. The van der Waals surface area contributed by atoms with E-state index in [1.54, 1.807) is 0 Å². The van der Waals surface area contributed by atoms with Gasteiger partial charge < -0.3 is 9.13 Å². The first-order chi connectivity index (χ1) is 28.6. The number of hydrogen-bond acceptors (Lipinski definition) is 0. The van der Waals surface area contributed by atoms with Gasteiger partial charge in [-0.1, -0.05) is 146 Å². The molecule has 2 aromatic heterocycles. The molecule has 0 saturated heterocycles. The van der Waals surface area contributed by atoms with Crippen LogP contribution in [0, 0.1) is 13.8 Å². The molecule has 0 spiro atoms. The van der Waals surface area contributed by atoms with Gasteiger partial charge in [0.05, 0.1) is 22.4 Å². The SMILES string of the molecule is Cc1cccc(-n2c(-c3ccc4c5ccccc5c5ccccc5c4c3)cc3c2cc(-c2ccc4c5ccccc5c5ccccc5c4c2)n3-c2cccc(C)c2)c1. The van der Waals surface area contributed by atoms with Crippen molar-refractivity contribution in [3.05, 3.63) is 205 Å². The van der Waals surface area contributed by atoms with Crippen LogP contribution in [0.25, 0.3) is 110 Å². The predicted molar refractivity (Wildman–Crippen MR) is 248 cm³/mol. The van der Waals surface area contributed by atoms with Crippen LogP contribution in [0.3, 0.4) is 0 Å². The maximum absolute atomic E-state index is 2.48. The van der Waals surface area contributed by atoms with Crippen molar-refractivity contribution in [3.63, 3.8) is 0 Å². The molecule has 58 heavy (non-hydrogen) atoms.